The molecule has 0 amide bonds. The van der Waals surface area contributed by atoms with Crippen molar-refractivity contribution in [2.24, 2.45) is 11.3 Å². The van der Waals surface area contributed by atoms with Crippen molar-refractivity contribution in [1.29, 1.82) is 0 Å². The largest absolute Gasteiger partial charge is 0.469 e. The molecule has 0 bridgehead atoms. The third kappa shape index (κ3) is 3.14. The summed E-state index contributed by atoms with van der Waals surface area (Å²) in [4.78, 5) is 35.3. The Balaban J connectivity index is 2.54. The van der Waals surface area contributed by atoms with Crippen LogP contribution in [0.1, 0.15) is 34.1 Å². The normalized spacial score (nSPS) is 28.0. The first-order chi connectivity index (χ1) is 10.7. The van der Waals surface area contributed by atoms with Crippen LogP contribution >= 0.6 is 0 Å². The fraction of sp³-hybridized carbons (Fsp3) is 0.500. The molecule has 2 rings (SSSR count). The molecule has 2 aliphatic carbocycles. The van der Waals surface area contributed by atoms with Crippen LogP contribution in [0.3, 0.4) is 0 Å². The van der Waals surface area contributed by atoms with Gasteiger partial charge in [0.15, 0.2) is 5.78 Å². The van der Waals surface area contributed by atoms with Gasteiger partial charge in [-0.05, 0) is 31.1 Å². The van der Waals surface area contributed by atoms with Crippen LogP contribution < -0.4 is 0 Å². The zero-order valence-corrected chi connectivity index (χ0v) is 14.1. The summed E-state index contributed by atoms with van der Waals surface area (Å²) in [6.07, 6.45) is 5.23. The van der Waals surface area contributed by atoms with Gasteiger partial charge in [-0.15, -0.1) is 0 Å². The Morgan fingerprint density at radius 1 is 1.39 bits per heavy atom. The summed E-state index contributed by atoms with van der Waals surface area (Å²) in [6, 6.07) is 0. The lowest BCUT2D eigenvalue weighted by molar-refractivity contribution is -0.149. The number of methoxy groups -OCH3 is 1. The molecular weight excluding hydrogens is 296 g/mol. The van der Waals surface area contributed by atoms with E-state index in [0.29, 0.717) is 17.6 Å². The molecule has 124 valence electrons. The molecular formula is C18H22O5. The average molecular weight is 318 g/mol. The lowest BCUT2D eigenvalue weighted by Gasteiger charge is -2.40. The first kappa shape index (κ1) is 17.2. The third-order valence-corrected chi connectivity index (χ3v) is 4.65. The average Bonchev–Trinajstić information content (AvgIpc) is 2.49. The van der Waals surface area contributed by atoms with Crippen molar-refractivity contribution in [3.63, 3.8) is 0 Å². The number of fused-ring (bicyclic) bond motifs is 1. The highest BCUT2D eigenvalue weighted by Crippen LogP contribution is 2.46. The van der Waals surface area contributed by atoms with E-state index in [1.165, 1.54) is 14.0 Å². The van der Waals surface area contributed by atoms with Gasteiger partial charge < -0.3 is 9.47 Å². The van der Waals surface area contributed by atoms with E-state index in [9.17, 15) is 14.4 Å². The lowest BCUT2D eigenvalue weighted by Crippen LogP contribution is -2.38. The molecule has 23 heavy (non-hydrogen) atoms. The van der Waals surface area contributed by atoms with E-state index in [1.54, 1.807) is 19.9 Å². The lowest BCUT2D eigenvalue weighted by atomic mass is 9.66. The summed E-state index contributed by atoms with van der Waals surface area (Å²) in [7, 11) is 1.32. The number of rotatable bonds is 3. The summed E-state index contributed by atoms with van der Waals surface area (Å²) >= 11 is 0. The molecule has 0 N–H and O–H groups in total. The van der Waals surface area contributed by atoms with Crippen molar-refractivity contribution >= 4 is 17.7 Å². The molecule has 0 saturated heterocycles. The highest BCUT2D eigenvalue weighted by Gasteiger charge is 2.42. The fourth-order valence-electron chi connectivity index (χ4n) is 3.28. The molecule has 2 aliphatic rings. The van der Waals surface area contributed by atoms with Gasteiger partial charge in [0.25, 0.3) is 0 Å². The Kier molecular flexibility index (Phi) is 4.59. The van der Waals surface area contributed by atoms with Crippen molar-refractivity contribution in [2.75, 3.05) is 7.11 Å². The number of hydrogen-bond donors (Lipinski definition) is 0. The number of esters is 2. The molecule has 0 heterocycles. The summed E-state index contributed by atoms with van der Waals surface area (Å²) in [6.45, 7) is 6.84. The van der Waals surface area contributed by atoms with Gasteiger partial charge >= 0.3 is 11.9 Å². The van der Waals surface area contributed by atoms with Gasteiger partial charge in [-0.1, -0.05) is 19.1 Å². The Bertz CT molecular complexity index is 652. The minimum absolute atomic E-state index is 0.0373. The molecule has 0 radical (unpaired) electrons. The van der Waals surface area contributed by atoms with E-state index in [-0.39, 0.29) is 5.78 Å². The number of hydrogen-bond acceptors (Lipinski definition) is 5. The van der Waals surface area contributed by atoms with Crippen LogP contribution in [0.4, 0.5) is 0 Å². The maximum Gasteiger partial charge on any atom is 0.312 e. The van der Waals surface area contributed by atoms with Crippen LogP contribution in [0.2, 0.25) is 0 Å². The zero-order chi connectivity index (χ0) is 17.4. The van der Waals surface area contributed by atoms with E-state index < -0.39 is 29.4 Å². The van der Waals surface area contributed by atoms with Crippen molar-refractivity contribution in [2.45, 2.75) is 40.2 Å². The molecule has 3 atom stereocenters. The fourth-order valence-corrected chi connectivity index (χ4v) is 3.28. The van der Waals surface area contributed by atoms with Crippen molar-refractivity contribution in [3.05, 3.63) is 34.9 Å². The first-order valence-electron chi connectivity index (χ1n) is 7.61. The van der Waals surface area contributed by atoms with Crippen LogP contribution in [0.15, 0.2) is 34.9 Å². The van der Waals surface area contributed by atoms with Gasteiger partial charge in [0, 0.05) is 24.3 Å². The molecule has 0 aromatic carbocycles. The van der Waals surface area contributed by atoms with Crippen molar-refractivity contribution in [1.82, 2.24) is 0 Å². The second-order valence-corrected chi connectivity index (χ2v) is 6.35. The van der Waals surface area contributed by atoms with Crippen LogP contribution in [-0.4, -0.2) is 30.9 Å². The van der Waals surface area contributed by atoms with Crippen molar-refractivity contribution in [3.8, 4) is 0 Å². The van der Waals surface area contributed by atoms with E-state index in [0.717, 1.165) is 5.57 Å². The van der Waals surface area contributed by atoms with Gasteiger partial charge in [-0.3, -0.25) is 14.4 Å². The topological polar surface area (TPSA) is 69.7 Å². The highest BCUT2D eigenvalue weighted by atomic mass is 16.5. The minimum Gasteiger partial charge on any atom is -0.469 e. The Labute approximate surface area is 136 Å². The summed E-state index contributed by atoms with van der Waals surface area (Å²) in [5.41, 5.74) is 1.81. The molecule has 0 aromatic heterocycles. The monoisotopic (exact) mass is 318 g/mol. The van der Waals surface area contributed by atoms with E-state index >= 15 is 0 Å². The van der Waals surface area contributed by atoms with Gasteiger partial charge in [0.2, 0.25) is 0 Å². The molecule has 0 spiro atoms. The smallest absolute Gasteiger partial charge is 0.312 e. The Morgan fingerprint density at radius 3 is 2.61 bits per heavy atom. The molecule has 0 aromatic rings. The number of ether oxygens (including phenoxy) is 2. The van der Waals surface area contributed by atoms with Gasteiger partial charge in [-0.25, -0.2) is 0 Å². The van der Waals surface area contributed by atoms with E-state index in [1.807, 2.05) is 19.1 Å². The van der Waals surface area contributed by atoms with Crippen LogP contribution in [0.5, 0.6) is 0 Å². The zero-order valence-electron chi connectivity index (χ0n) is 14.1. The van der Waals surface area contributed by atoms with Crippen molar-refractivity contribution < 1.29 is 23.9 Å². The molecule has 0 saturated carbocycles. The predicted octanol–water partition coefficient (Wildman–Crippen LogP) is 2.52. The maximum absolute atomic E-state index is 12.0. The standard InChI is InChI=1S/C18H22O5/c1-10(17(21)22-5)13-8-14-11(2)15(20)6-7-18(14,4)9-16(13)23-12(3)19/h6-8,10,16H,9H2,1-5H3/t10-,16-,18+/m0/s1. The predicted molar refractivity (Wildman–Crippen MR) is 84.4 cm³/mol. The summed E-state index contributed by atoms with van der Waals surface area (Å²) in [5.74, 6) is -1.38. The number of allylic oxidation sites excluding steroid dienone is 5. The van der Waals surface area contributed by atoms with Gasteiger partial charge in [0.05, 0.1) is 13.0 Å². The van der Waals surface area contributed by atoms with E-state index in [2.05, 4.69) is 0 Å². The summed E-state index contributed by atoms with van der Waals surface area (Å²) in [5, 5.41) is 0. The van der Waals surface area contributed by atoms with Crippen LogP contribution in [0, 0.1) is 11.3 Å². The number of carbonyl (C=O) groups excluding carboxylic acids is 3. The molecule has 0 aliphatic heterocycles. The highest BCUT2D eigenvalue weighted by molar-refractivity contribution is 6.06. The first-order valence-corrected chi connectivity index (χ1v) is 7.61. The number of carbonyl (C=O) groups is 3. The van der Waals surface area contributed by atoms with Crippen LogP contribution in [0.25, 0.3) is 0 Å². The minimum atomic E-state index is -0.546. The summed E-state index contributed by atoms with van der Waals surface area (Å²) < 4.78 is 10.2. The third-order valence-electron chi connectivity index (χ3n) is 4.65. The van der Waals surface area contributed by atoms with Gasteiger partial charge in [-0.2, -0.15) is 0 Å². The Hall–Kier alpha value is -2.17. The van der Waals surface area contributed by atoms with E-state index in [4.69, 9.17) is 9.47 Å². The molecule has 0 fully saturated rings. The SMILES string of the molecule is COC(=O)[C@@H](C)C1=CC2=C(C)C(=O)C=C[C@]2(C)C[C@@H]1OC(C)=O. The Morgan fingerprint density at radius 2 is 2.04 bits per heavy atom. The second-order valence-electron chi connectivity index (χ2n) is 6.35. The molecule has 0 unspecified atom stereocenters. The number of ketones is 1. The second kappa shape index (κ2) is 6.14. The molecule has 5 nitrogen and oxygen atoms in total. The van der Waals surface area contributed by atoms with Crippen LogP contribution in [-0.2, 0) is 23.9 Å². The van der Waals surface area contributed by atoms with Gasteiger partial charge in [0.1, 0.15) is 6.10 Å². The maximum atomic E-state index is 12.0. The quantitative estimate of drug-likeness (QED) is 0.748. The molecule has 5 heteroatoms.